The first-order chi connectivity index (χ1) is 16.6. The molecule has 0 aromatic rings. The van der Waals surface area contributed by atoms with E-state index < -0.39 is 6.10 Å². The van der Waals surface area contributed by atoms with E-state index >= 15 is 0 Å². The van der Waals surface area contributed by atoms with Gasteiger partial charge in [0.25, 0.3) is 0 Å². The summed E-state index contributed by atoms with van der Waals surface area (Å²) in [6, 6.07) is 0. The third-order valence-corrected chi connectivity index (χ3v) is 7.28. The van der Waals surface area contributed by atoms with Crippen LogP contribution in [-0.4, -0.2) is 46.0 Å². The lowest BCUT2D eigenvalue weighted by Gasteiger charge is -2.53. The van der Waals surface area contributed by atoms with Gasteiger partial charge < -0.3 is 9.84 Å². The molecule has 1 aliphatic rings. The minimum absolute atomic E-state index is 0.0605. The van der Waals surface area contributed by atoms with Crippen LogP contribution >= 0.6 is 0 Å². The van der Waals surface area contributed by atoms with Gasteiger partial charge in [-0.25, -0.2) is 0 Å². The molecule has 5 heteroatoms. The summed E-state index contributed by atoms with van der Waals surface area (Å²) in [5, 5.41) is 11.6. The maximum Gasteiger partial charge on any atom is 0.306 e. The molecule has 1 aliphatic heterocycles. The Morgan fingerprint density at radius 3 is 1.60 bits per heavy atom. The highest BCUT2D eigenvalue weighted by Gasteiger charge is 2.47. The first kappa shape index (κ1) is 32.4. The normalized spacial score (nSPS) is 19.1. The lowest BCUT2D eigenvalue weighted by atomic mass is 9.80. The second-order valence-corrected chi connectivity index (χ2v) is 12.3. The van der Waals surface area contributed by atoms with Gasteiger partial charge in [0, 0.05) is 30.3 Å². The van der Waals surface area contributed by atoms with Gasteiger partial charge in [-0.2, -0.15) is 5.06 Å². The lowest BCUT2D eigenvalue weighted by molar-refractivity contribution is -0.299. The molecule has 0 radical (unpaired) electrons. The molecular weight excluding hydrogens is 438 g/mol. The van der Waals surface area contributed by atoms with E-state index in [9.17, 15) is 9.90 Å². The van der Waals surface area contributed by atoms with E-state index in [4.69, 9.17) is 9.57 Å². The minimum atomic E-state index is -0.507. The van der Waals surface area contributed by atoms with Crippen LogP contribution in [0.25, 0.3) is 0 Å². The quantitative estimate of drug-likeness (QED) is 0.136. The highest BCUT2D eigenvalue weighted by molar-refractivity contribution is 5.69. The number of rotatable bonds is 20. The summed E-state index contributed by atoms with van der Waals surface area (Å²) in [6.07, 6.45) is 21.3. The van der Waals surface area contributed by atoms with Crippen molar-refractivity contribution in [3.63, 3.8) is 0 Å². The van der Waals surface area contributed by atoms with Gasteiger partial charge in [-0.3, -0.25) is 9.63 Å². The Bertz CT molecular complexity index is 528. The summed E-state index contributed by atoms with van der Waals surface area (Å²) in [5.74, 6) is -0.0605. The zero-order valence-electron chi connectivity index (χ0n) is 24.2. The summed E-state index contributed by atoms with van der Waals surface area (Å²) in [6.45, 7) is 12.7. The van der Waals surface area contributed by atoms with Crippen molar-refractivity contribution in [1.29, 1.82) is 0 Å². The topological polar surface area (TPSA) is 59.0 Å². The third kappa shape index (κ3) is 14.6. The van der Waals surface area contributed by atoms with Crippen molar-refractivity contribution in [1.82, 2.24) is 5.06 Å². The van der Waals surface area contributed by atoms with Crippen LogP contribution in [-0.2, 0) is 14.4 Å². The van der Waals surface area contributed by atoms with Crippen molar-refractivity contribution < 1.29 is 19.5 Å². The molecule has 0 spiro atoms. The number of carbonyl (C=O) groups is 1. The van der Waals surface area contributed by atoms with E-state index in [-0.39, 0.29) is 29.8 Å². The summed E-state index contributed by atoms with van der Waals surface area (Å²) in [4.78, 5) is 18.4. The second-order valence-electron chi connectivity index (χ2n) is 12.3. The number of ether oxygens (including phenoxy) is 1. The van der Waals surface area contributed by atoms with Gasteiger partial charge in [-0.05, 0) is 41.0 Å². The summed E-state index contributed by atoms with van der Waals surface area (Å²) < 4.78 is 5.89. The molecule has 0 aromatic heterocycles. The molecule has 1 unspecified atom stereocenters. The predicted molar refractivity (Wildman–Crippen MR) is 146 cm³/mol. The van der Waals surface area contributed by atoms with Crippen LogP contribution in [0.4, 0.5) is 0 Å². The van der Waals surface area contributed by atoms with Crippen molar-refractivity contribution in [3.8, 4) is 0 Å². The van der Waals surface area contributed by atoms with Gasteiger partial charge in [-0.15, -0.1) is 0 Å². The fraction of sp³-hybridized carbons (Fsp3) is 0.967. The van der Waals surface area contributed by atoms with Crippen LogP contribution in [0.5, 0.6) is 0 Å². The Balaban J connectivity index is 2.08. The number of piperidine rings is 1. The highest BCUT2D eigenvalue weighted by atomic mass is 16.7. The molecule has 1 rings (SSSR count). The van der Waals surface area contributed by atoms with Crippen molar-refractivity contribution in [3.05, 3.63) is 0 Å². The minimum Gasteiger partial charge on any atom is -0.462 e. The predicted octanol–water partition coefficient (Wildman–Crippen LogP) is 8.13. The van der Waals surface area contributed by atoms with Crippen LogP contribution < -0.4 is 0 Å². The number of nitrogens with zero attached hydrogens (tertiary/aromatic N) is 1. The van der Waals surface area contributed by atoms with Crippen molar-refractivity contribution in [2.45, 2.75) is 180 Å². The summed E-state index contributed by atoms with van der Waals surface area (Å²) in [5.41, 5.74) is -0.535. The number of hydrogen-bond donors (Lipinski definition) is 1. The fourth-order valence-electron chi connectivity index (χ4n) is 5.67. The maximum absolute atomic E-state index is 12.5. The molecule has 1 saturated heterocycles. The molecule has 208 valence electrons. The van der Waals surface area contributed by atoms with E-state index in [2.05, 4.69) is 34.6 Å². The number of unbranched alkanes of at least 4 members (excludes halogenated alkanes) is 14. The second kappa shape index (κ2) is 17.7. The van der Waals surface area contributed by atoms with Crippen LogP contribution in [0, 0.1) is 0 Å². The van der Waals surface area contributed by atoms with Crippen molar-refractivity contribution in [2.75, 3.05) is 6.61 Å². The van der Waals surface area contributed by atoms with Gasteiger partial charge in [0.15, 0.2) is 0 Å². The molecule has 1 fully saturated rings. The molecule has 1 N–H and O–H groups in total. The van der Waals surface area contributed by atoms with E-state index in [0.717, 1.165) is 25.7 Å². The molecule has 35 heavy (non-hydrogen) atoms. The van der Waals surface area contributed by atoms with Crippen molar-refractivity contribution in [2.24, 2.45) is 0 Å². The van der Waals surface area contributed by atoms with E-state index in [1.54, 1.807) is 6.92 Å². The van der Waals surface area contributed by atoms with Crippen LogP contribution in [0.3, 0.4) is 0 Å². The Morgan fingerprint density at radius 2 is 1.20 bits per heavy atom. The van der Waals surface area contributed by atoms with Gasteiger partial charge in [-0.1, -0.05) is 96.8 Å². The Hall–Kier alpha value is -0.650. The van der Waals surface area contributed by atoms with E-state index in [0.29, 0.717) is 6.42 Å². The smallest absolute Gasteiger partial charge is 0.306 e. The Morgan fingerprint density at radius 1 is 0.800 bits per heavy atom. The lowest BCUT2D eigenvalue weighted by Crippen LogP contribution is -2.62. The van der Waals surface area contributed by atoms with Crippen molar-refractivity contribution >= 4 is 5.97 Å². The molecule has 5 nitrogen and oxygen atoms in total. The number of aliphatic hydroxyl groups excluding tert-OH is 1. The number of hydrogen-bond acceptors (Lipinski definition) is 5. The molecule has 0 aromatic carbocycles. The average Bonchev–Trinajstić information content (AvgIpc) is 2.74. The molecule has 1 atom stereocenters. The fourth-order valence-corrected chi connectivity index (χ4v) is 5.67. The maximum atomic E-state index is 12.5. The summed E-state index contributed by atoms with van der Waals surface area (Å²) in [7, 11) is 0. The van der Waals surface area contributed by atoms with Gasteiger partial charge in [0.2, 0.25) is 0 Å². The molecule has 0 aliphatic carbocycles. The van der Waals surface area contributed by atoms with Gasteiger partial charge in [0.1, 0.15) is 6.10 Å². The van der Waals surface area contributed by atoms with E-state index in [1.165, 1.54) is 83.5 Å². The number of carbonyl (C=O) groups excluding carboxylic acids is 1. The standard InChI is InChI=1S/C30H59NO4/c1-7-8-9-10-11-12-13-14-15-16-17-18-19-20-21-22-28(33)35-27-23-29(3,4)31(30(5,6)24-27)34-25-26(2)32/h26-27,32H,7-25H2,1-6H3. The Labute approximate surface area is 217 Å². The van der Waals surface area contributed by atoms with Gasteiger partial charge >= 0.3 is 5.97 Å². The molecule has 1 heterocycles. The number of esters is 1. The molecular formula is C30H59NO4. The van der Waals surface area contributed by atoms with Crippen LogP contribution in [0.2, 0.25) is 0 Å². The Kier molecular flexibility index (Phi) is 16.4. The SMILES string of the molecule is CCCCCCCCCCCCCCCCCC(=O)OC1CC(C)(C)N(OCC(C)O)C(C)(C)C1. The largest absolute Gasteiger partial charge is 0.462 e. The third-order valence-electron chi connectivity index (χ3n) is 7.28. The zero-order valence-corrected chi connectivity index (χ0v) is 24.2. The van der Waals surface area contributed by atoms with Crippen LogP contribution in [0.15, 0.2) is 0 Å². The molecule has 0 amide bonds. The highest BCUT2D eigenvalue weighted by Crippen LogP contribution is 2.40. The van der Waals surface area contributed by atoms with Gasteiger partial charge in [0.05, 0.1) is 12.7 Å². The monoisotopic (exact) mass is 497 g/mol. The first-order valence-corrected chi connectivity index (χ1v) is 14.9. The summed E-state index contributed by atoms with van der Waals surface area (Å²) >= 11 is 0. The average molecular weight is 498 g/mol. The zero-order chi connectivity index (χ0) is 26.2. The van der Waals surface area contributed by atoms with Crippen LogP contribution in [0.1, 0.15) is 157 Å². The molecule has 0 saturated carbocycles. The first-order valence-electron chi connectivity index (χ1n) is 14.9. The number of hydroxylamine groups is 2. The van der Waals surface area contributed by atoms with E-state index in [1.807, 2.05) is 5.06 Å². The number of aliphatic hydroxyl groups is 1. The molecule has 0 bridgehead atoms.